The molecule has 0 radical (unpaired) electrons. The maximum Gasteiger partial charge on any atom is 0.416 e. The van der Waals surface area contributed by atoms with Gasteiger partial charge < -0.3 is 24.3 Å². The van der Waals surface area contributed by atoms with E-state index in [9.17, 15) is 18.0 Å². The summed E-state index contributed by atoms with van der Waals surface area (Å²) in [7, 11) is 6.14. The zero-order valence-electron chi connectivity index (χ0n) is 20.7. The van der Waals surface area contributed by atoms with Crippen LogP contribution in [0.15, 0.2) is 66.9 Å². The molecule has 0 bridgehead atoms. The second-order valence-electron chi connectivity index (χ2n) is 7.67. The predicted octanol–water partition coefficient (Wildman–Crippen LogP) is 6.72. The fourth-order valence-corrected chi connectivity index (χ4v) is 3.46. The molecule has 0 atom stereocenters. The van der Waals surface area contributed by atoms with E-state index in [1.807, 2.05) is 36.4 Å². The van der Waals surface area contributed by atoms with E-state index in [1.54, 1.807) is 20.3 Å². The van der Waals surface area contributed by atoms with E-state index in [1.165, 1.54) is 26.5 Å². The first kappa shape index (κ1) is 27.2. The Hall–Kier alpha value is -4.40. The molecule has 0 saturated carbocycles. The van der Waals surface area contributed by atoms with Crippen molar-refractivity contribution in [3.8, 4) is 23.0 Å². The quantitative estimate of drug-likeness (QED) is 0.185. The fraction of sp³-hybridized carbons (Fsp3) is 0.179. The van der Waals surface area contributed by atoms with Gasteiger partial charge in [0.2, 0.25) is 5.75 Å². The molecular formula is C28H26F3NO5. The maximum atomic E-state index is 12.7. The lowest BCUT2D eigenvalue weighted by molar-refractivity contribution is -0.137. The molecule has 0 aliphatic carbocycles. The Balaban J connectivity index is 1.77. The molecule has 3 rings (SSSR count). The van der Waals surface area contributed by atoms with Gasteiger partial charge in [-0.15, -0.1) is 0 Å². The summed E-state index contributed by atoms with van der Waals surface area (Å²) in [5.41, 5.74) is 1.57. The molecule has 0 heterocycles. The minimum atomic E-state index is -4.46. The molecular weight excluding hydrogens is 487 g/mol. The zero-order valence-corrected chi connectivity index (χ0v) is 20.7. The van der Waals surface area contributed by atoms with Crippen molar-refractivity contribution in [3.63, 3.8) is 0 Å². The van der Waals surface area contributed by atoms with E-state index in [0.29, 0.717) is 28.7 Å². The van der Waals surface area contributed by atoms with Crippen molar-refractivity contribution >= 4 is 23.6 Å². The van der Waals surface area contributed by atoms with E-state index < -0.39 is 17.5 Å². The number of halogens is 3. The van der Waals surface area contributed by atoms with E-state index >= 15 is 0 Å². The van der Waals surface area contributed by atoms with E-state index in [-0.39, 0.29) is 5.56 Å². The van der Waals surface area contributed by atoms with Crippen LogP contribution < -0.4 is 24.3 Å². The van der Waals surface area contributed by atoms with Crippen molar-refractivity contribution < 1.29 is 36.9 Å². The number of hydrogen-bond acceptors (Lipinski definition) is 6. The Kier molecular flexibility index (Phi) is 8.84. The van der Waals surface area contributed by atoms with E-state index in [2.05, 4.69) is 5.32 Å². The molecule has 9 heteroatoms. The molecule has 0 saturated heterocycles. The van der Waals surface area contributed by atoms with Crippen LogP contribution in [0.5, 0.6) is 23.0 Å². The van der Waals surface area contributed by atoms with Gasteiger partial charge in [-0.25, -0.2) is 0 Å². The number of hydrogen-bond donors (Lipinski definition) is 1. The number of ether oxygens (including phenoxy) is 4. The predicted molar refractivity (Wildman–Crippen MR) is 137 cm³/mol. The summed E-state index contributed by atoms with van der Waals surface area (Å²) in [5.74, 6) is 1.65. The molecule has 0 unspecified atom stereocenters. The molecule has 6 nitrogen and oxygen atoms in total. The van der Waals surface area contributed by atoms with Crippen molar-refractivity contribution in [3.05, 3.63) is 89.1 Å². The van der Waals surface area contributed by atoms with Gasteiger partial charge in [-0.05, 0) is 47.5 Å². The maximum absolute atomic E-state index is 12.7. The van der Waals surface area contributed by atoms with Gasteiger partial charge in [0.1, 0.15) is 5.75 Å². The molecule has 0 aromatic heterocycles. The lowest BCUT2D eigenvalue weighted by Gasteiger charge is -2.13. The summed E-state index contributed by atoms with van der Waals surface area (Å²) in [4.78, 5) is 12.3. The van der Waals surface area contributed by atoms with Crippen molar-refractivity contribution in [2.45, 2.75) is 6.18 Å². The van der Waals surface area contributed by atoms with Crippen molar-refractivity contribution in [2.75, 3.05) is 33.8 Å². The van der Waals surface area contributed by atoms with Crippen LogP contribution in [0.1, 0.15) is 27.0 Å². The van der Waals surface area contributed by atoms with Crippen LogP contribution in [0.4, 0.5) is 18.9 Å². The molecule has 0 aliphatic rings. The smallest absolute Gasteiger partial charge is 0.416 e. The number of methoxy groups -OCH3 is 4. The van der Waals surface area contributed by atoms with Gasteiger partial charge in [-0.1, -0.05) is 30.4 Å². The van der Waals surface area contributed by atoms with Crippen LogP contribution in [0.25, 0.3) is 12.2 Å². The third kappa shape index (κ3) is 6.84. The topological polar surface area (TPSA) is 66.0 Å². The number of carbonyl (C=O) groups is 1. The number of anilines is 1. The number of carbonyl (C=O) groups excluding carboxylic acids is 1. The highest BCUT2D eigenvalue weighted by molar-refractivity contribution is 6.04. The first-order chi connectivity index (χ1) is 17.7. The molecule has 3 aromatic rings. The van der Waals surface area contributed by atoms with Gasteiger partial charge >= 0.3 is 6.18 Å². The summed E-state index contributed by atoms with van der Waals surface area (Å²) in [6, 6.07) is 13.1. The molecule has 194 valence electrons. The largest absolute Gasteiger partial charge is 0.495 e. The standard InChI is InChI=1S/C28H26F3NO5/c1-34-24-12-7-18(5-6-19-16-25(35-2)27(37-4)26(17-19)36-3)15-22(24)32-14-13-23(33)20-8-10-21(11-9-20)28(29,30)31/h5-17,32H,1-4H3/b6-5-,14-13-. The number of rotatable bonds is 10. The monoisotopic (exact) mass is 513 g/mol. The molecule has 0 aliphatic heterocycles. The Labute approximate surface area is 212 Å². The van der Waals surface area contributed by atoms with Crippen molar-refractivity contribution in [1.82, 2.24) is 0 Å². The van der Waals surface area contributed by atoms with Crippen LogP contribution >= 0.6 is 0 Å². The molecule has 0 fully saturated rings. The first-order valence-corrected chi connectivity index (χ1v) is 11.0. The average molecular weight is 514 g/mol. The highest BCUT2D eigenvalue weighted by Gasteiger charge is 2.30. The van der Waals surface area contributed by atoms with Crippen LogP contribution in [0.3, 0.4) is 0 Å². The van der Waals surface area contributed by atoms with Crippen molar-refractivity contribution in [1.29, 1.82) is 0 Å². The third-order valence-electron chi connectivity index (χ3n) is 5.35. The zero-order chi connectivity index (χ0) is 27.0. The molecule has 0 amide bonds. The second kappa shape index (κ2) is 12.0. The lowest BCUT2D eigenvalue weighted by atomic mass is 10.1. The normalized spacial score (nSPS) is 11.5. The van der Waals surface area contributed by atoms with Gasteiger partial charge in [0.25, 0.3) is 0 Å². The van der Waals surface area contributed by atoms with Crippen LogP contribution in [0, 0.1) is 0 Å². The molecule has 37 heavy (non-hydrogen) atoms. The highest BCUT2D eigenvalue weighted by Crippen LogP contribution is 2.38. The van der Waals surface area contributed by atoms with Crippen molar-refractivity contribution in [2.24, 2.45) is 0 Å². The number of alkyl halides is 3. The number of ketones is 1. The summed E-state index contributed by atoms with van der Waals surface area (Å²) in [6.07, 6.45) is 1.94. The highest BCUT2D eigenvalue weighted by atomic mass is 19.4. The Morgan fingerprint density at radius 1 is 0.757 bits per heavy atom. The Bertz CT molecular complexity index is 1270. The molecule has 0 spiro atoms. The van der Waals surface area contributed by atoms with Gasteiger partial charge in [-0.2, -0.15) is 13.2 Å². The first-order valence-electron chi connectivity index (χ1n) is 11.0. The number of benzene rings is 3. The lowest BCUT2D eigenvalue weighted by Crippen LogP contribution is -2.05. The molecule has 1 N–H and O–H groups in total. The summed E-state index contributed by atoms with van der Waals surface area (Å²) < 4.78 is 59.7. The number of nitrogens with one attached hydrogen (secondary N) is 1. The van der Waals surface area contributed by atoms with Crippen LogP contribution in [-0.2, 0) is 6.18 Å². The minimum Gasteiger partial charge on any atom is -0.495 e. The summed E-state index contributed by atoms with van der Waals surface area (Å²) in [6.45, 7) is 0. The SMILES string of the molecule is COc1ccc(/C=C\c2cc(OC)c(OC)c(OC)c2)cc1N/C=C\C(=O)c1ccc(C(F)(F)F)cc1. The van der Waals surface area contributed by atoms with Crippen LogP contribution in [0.2, 0.25) is 0 Å². The molecule has 3 aromatic carbocycles. The van der Waals surface area contributed by atoms with E-state index in [4.69, 9.17) is 18.9 Å². The summed E-state index contributed by atoms with van der Waals surface area (Å²) in [5, 5.41) is 2.99. The van der Waals surface area contributed by atoms with Crippen LogP contribution in [-0.4, -0.2) is 34.2 Å². The van der Waals surface area contributed by atoms with Gasteiger partial charge in [0.05, 0.1) is 39.7 Å². The number of allylic oxidation sites excluding steroid dienone is 1. The Morgan fingerprint density at radius 3 is 1.89 bits per heavy atom. The Morgan fingerprint density at radius 2 is 1.35 bits per heavy atom. The summed E-state index contributed by atoms with van der Waals surface area (Å²) >= 11 is 0. The fourth-order valence-electron chi connectivity index (χ4n) is 3.46. The van der Waals surface area contributed by atoms with E-state index in [0.717, 1.165) is 35.4 Å². The van der Waals surface area contributed by atoms with Gasteiger partial charge in [-0.3, -0.25) is 4.79 Å². The van der Waals surface area contributed by atoms with Gasteiger partial charge in [0.15, 0.2) is 17.3 Å². The third-order valence-corrected chi connectivity index (χ3v) is 5.35. The minimum absolute atomic E-state index is 0.139. The van der Waals surface area contributed by atoms with Gasteiger partial charge in [0, 0.05) is 17.8 Å². The second-order valence-corrected chi connectivity index (χ2v) is 7.67. The average Bonchev–Trinajstić information content (AvgIpc) is 2.90.